The van der Waals surface area contributed by atoms with Gasteiger partial charge in [-0.15, -0.1) is 0 Å². The monoisotopic (exact) mass is 413 g/mol. The largest absolute Gasteiger partial charge is 0.372 e. The van der Waals surface area contributed by atoms with E-state index in [4.69, 9.17) is 4.74 Å². The molecule has 162 valence electrons. The maximum absolute atomic E-state index is 13.3. The zero-order valence-electron chi connectivity index (χ0n) is 18.1. The van der Waals surface area contributed by atoms with Gasteiger partial charge < -0.3 is 20.3 Å². The molecular formula is C23H32FN5O. The summed E-state index contributed by atoms with van der Waals surface area (Å²) in [5.41, 5.74) is 2.01. The molecule has 0 bridgehead atoms. The lowest BCUT2D eigenvalue weighted by molar-refractivity contribution is -0.00545. The van der Waals surface area contributed by atoms with Gasteiger partial charge in [-0.3, -0.25) is 0 Å². The quantitative estimate of drug-likeness (QED) is 0.539. The number of ether oxygens (including phenoxy) is 1. The molecule has 1 aromatic heterocycles. The van der Waals surface area contributed by atoms with Crippen molar-refractivity contribution in [1.29, 1.82) is 0 Å². The molecule has 0 spiro atoms. The SMILES string of the molecule is CCNC(=NCc1ccc(N2CC(C)OC(C)C2)nc1)NCCc1cccc(F)c1. The number of halogens is 1. The second-order valence-corrected chi connectivity index (χ2v) is 7.69. The van der Waals surface area contributed by atoms with Crippen molar-refractivity contribution in [1.82, 2.24) is 15.6 Å². The molecule has 2 atom stereocenters. The summed E-state index contributed by atoms with van der Waals surface area (Å²) in [6, 6.07) is 10.8. The average molecular weight is 414 g/mol. The lowest BCUT2D eigenvalue weighted by Crippen LogP contribution is -2.45. The summed E-state index contributed by atoms with van der Waals surface area (Å²) in [5.74, 6) is 1.52. The van der Waals surface area contributed by atoms with Crippen molar-refractivity contribution in [3.8, 4) is 0 Å². The fraction of sp³-hybridized carbons (Fsp3) is 0.478. The predicted octanol–water partition coefficient (Wildman–Crippen LogP) is 3.13. The third-order valence-electron chi connectivity index (χ3n) is 4.91. The van der Waals surface area contributed by atoms with Gasteiger partial charge >= 0.3 is 0 Å². The van der Waals surface area contributed by atoms with Crippen LogP contribution in [0.2, 0.25) is 0 Å². The highest BCUT2D eigenvalue weighted by molar-refractivity contribution is 5.79. The van der Waals surface area contributed by atoms with Gasteiger partial charge in [0, 0.05) is 32.4 Å². The Balaban J connectivity index is 1.53. The number of nitrogens with one attached hydrogen (secondary N) is 2. The van der Waals surface area contributed by atoms with Crippen molar-refractivity contribution in [2.45, 2.75) is 45.9 Å². The van der Waals surface area contributed by atoms with Crippen LogP contribution in [-0.2, 0) is 17.7 Å². The van der Waals surface area contributed by atoms with E-state index in [1.54, 1.807) is 12.1 Å². The fourth-order valence-electron chi connectivity index (χ4n) is 3.59. The van der Waals surface area contributed by atoms with E-state index in [-0.39, 0.29) is 18.0 Å². The van der Waals surface area contributed by atoms with Gasteiger partial charge in [0.25, 0.3) is 0 Å². The number of aromatic nitrogens is 1. The molecule has 30 heavy (non-hydrogen) atoms. The Labute approximate surface area is 178 Å². The Morgan fingerprint density at radius 3 is 2.63 bits per heavy atom. The minimum absolute atomic E-state index is 0.204. The van der Waals surface area contributed by atoms with Gasteiger partial charge in [-0.25, -0.2) is 14.4 Å². The van der Waals surface area contributed by atoms with Gasteiger partial charge in [0.2, 0.25) is 0 Å². The maximum atomic E-state index is 13.3. The summed E-state index contributed by atoms with van der Waals surface area (Å²) in [4.78, 5) is 11.5. The normalized spacial score (nSPS) is 19.6. The number of rotatable bonds is 7. The number of morpholine rings is 1. The van der Waals surface area contributed by atoms with E-state index in [0.717, 1.165) is 49.0 Å². The molecule has 1 fully saturated rings. The van der Waals surface area contributed by atoms with Crippen LogP contribution in [0.1, 0.15) is 31.9 Å². The highest BCUT2D eigenvalue weighted by Crippen LogP contribution is 2.18. The Bertz CT molecular complexity index is 817. The van der Waals surface area contributed by atoms with Crippen LogP contribution in [0.4, 0.5) is 10.2 Å². The second-order valence-electron chi connectivity index (χ2n) is 7.69. The van der Waals surface area contributed by atoms with Crippen molar-refractivity contribution < 1.29 is 9.13 Å². The Hall–Kier alpha value is -2.67. The van der Waals surface area contributed by atoms with Crippen LogP contribution in [0, 0.1) is 5.82 Å². The topological polar surface area (TPSA) is 61.8 Å². The molecular weight excluding hydrogens is 381 g/mol. The van der Waals surface area contributed by atoms with Crippen molar-refractivity contribution in [3.05, 3.63) is 59.5 Å². The van der Waals surface area contributed by atoms with Gasteiger partial charge in [-0.05, 0) is 56.5 Å². The first kappa shape index (κ1) is 22.0. The van der Waals surface area contributed by atoms with E-state index in [1.165, 1.54) is 6.07 Å². The molecule has 1 aliphatic heterocycles. The van der Waals surface area contributed by atoms with E-state index in [2.05, 4.69) is 51.5 Å². The summed E-state index contributed by atoms with van der Waals surface area (Å²) >= 11 is 0. The molecule has 0 amide bonds. The number of nitrogens with zero attached hydrogens (tertiary/aromatic N) is 3. The molecule has 2 heterocycles. The second kappa shape index (κ2) is 10.9. The molecule has 7 heteroatoms. The lowest BCUT2D eigenvalue weighted by atomic mass is 10.1. The van der Waals surface area contributed by atoms with Crippen molar-refractivity contribution in [2.24, 2.45) is 4.99 Å². The van der Waals surface area contributed by atoms with Crippen molar-refractivity contribution in [2.75, 3.05) is 31.1 Å². The molecule has 1 saturated heterocycles. The average Bonchev–Trinajstić information content (AvgIpc) is 2.72. The summed E-state index contributed by atoms with van der Waals surface area (Å²) in [7, 11) is 0. The van der Waals surface area contributed by atoms with Crippen LogP contribution in [0.25, 0.3) is 0 Å². The molecule has 6 nitrogen and oxygen atoms in total. The van der Waals surface area contributed by atoms with Gasteiger partial charge in [0.05, 0.1) is 18.8 Å². The van der Waals surface area contributed by atoms with Crippen LogP contribution in [-0.4, -0.2) is 49.3 Å². The first-order chi connectivity index (χ1) is 14.5. The van der Waals surface area contributed by atoms with E-state index < -0.39 is 0 Å². The molecule has 1 aromatic carbocycles. The third-order valence-corrected chi connectivity index (χ3v) is 4.91. The van der Waals surface area contributed by atoms with Gasteiger partial charge in [-0.1, -0.05) is 18.2 Å². The summed E-state index contributed by atoms with van der Waals surface area (Å²) < 4.78 is 19.1. The van der Waals surface area contributed by atoms with Gasteiger partial charge in [0.15, 0.2) is 5.96 Å². The molecule has 3 rings (SSSR count). The van der Waals surface area contributed by atoms with Gasteiger partial charge in [-0.2, -0.15) is 0 Å². The fourth-order valence-corrected chi connectivity index (χ4v) is 3.59. The summed E-state index contributed by atoms with van der Waals surface area (Å²) in [6.07, 6.45) is 3.04. The third kappa shape index (κ3) is 6.69. The predicted molar refractivity (Wildman–Crippen MR) is 119 cm³/mol. The summed E-state index contributed by atoms with van der Waals surface area (Å²) in [5, 5.41) is 6.55. The standard InChI is InChI=1S/C23H32FN5O/c1-4-25-23(26-11-10-19-6-5-7-21(24)12-19)28-14-20-8-9-22(27-13-20)29-15-17(2)30-18(3)16-29/h5-9,12-13,17-18H,4,10-11,14-16H2,1-3H3,(H2,25,26,28). The van der Waals surface area contributed by atoms with Crippen LogP contribution >= 0.6 is 0 Å². The van der Waals surface area contributed by atoms with Gasteiger partial charge in [0.1, 0.15) is 11.6 Å². The maximum Gasteiger partial charge on any atom is 0.191 e. The number of hydrogen-bond acceptors (Lipinski definition) is 4. The number of guanidine groups is 1. The molecule has 0 saturated carbocycles. The molecule has 2 aromatic rings. The van der Waals surface area contributed by atoms with E-state index in [0.29, 0.717) is 13.1 Å². The molecule has 2 N–H and O–H groups in total. The first-order valence-corrected chi connectivity index (χ1v) is 10.7. The molecule has 2 unspecified atom stereocenters. The Kier molecular flexibility index (Phi) is 8.02. The zero-order valence-corrected chi connectivity index (χ0v) is 18.1. The van der Waals surface area contributed by atoms with Crippen molar-refractivity contribution >= 4 is 11.8 Å². The minimum atomic E-state index is -0.204. The summed E-state index contributed by atoms with van der Waals surface area (Å²) in [6.45, 7) is 9.92. The number of aliphatic imine (C=N–C) groups is 1. The molecule has 0 aliphatic carbocycles. The van der Waals surface area contributed by atoms with E-state index >= 15 is 0 Å². The smallest absolute Gasteiger partial charge is 0.191 e. The van der Waals surface area contributed by atoms with Crippen molar-refractivity contribution in [3.63, 3.8) is 0 Å². The first-order valence-electron chi connectivity index (χ1n) is 10.7. The number of benzene rings is 1. The highest BCUT2D eigenvalue weighted by atomic mass is 19.1. The van der Waals surface area contributed by atoms with Crippen LogP contribution in [0.5, 0.6) is 0 Å². The molecule has 0 radical (unpaired) electrons. The van der Waals surface area contributed by atoms with Crippen LogP contribution in [0.3, 0.4) is 0 Å². The lowest BCUT2D eigenvalue weighted by Gasteiger charge is -2.36. The Morgan fingerprint density at radius 2 is 1.97 bits per heavy atom. The molecule has 1 aliphatic rings. The zero-order chi connectivity index (χ0) is 21.3. The van der Waals surface area contributed by atoms with Crippen LogP contribution in [0.15, 0.2) is 47.6 Å². The van der Waals surface area contributed by atoms with Crippen LogP contribution < -0.4 is 15.5 Å². The number of hydrogen-bond donors (Lipinski definition) is 2. The Morgan fingerprint density at radius 1 is 1.17 bits per heavy atom. The number of anilines is 1. The number of pyridine rings is 1. The van der Waals surface area contributed by atoms with E-state index in [1.807, 2.05) is 19.2 Å². The minimum Gasteiger partial charge on any atom is -0.372 e. The van der Waals surface area contributed by atoms with E-state index in [9.17, 15) is 4.39 Å². The highest BCUT2D eigenvalue weighted by Gasteiger charge is 2.22.